The molecule has 10 heavy (non-hydrogen) atoms. The number of aliphatic carboxylic acids is 1. The fourth-order valence-corrected chi connectivity index (χ4v) is 0.741. The zero-order chi connectivity index (χ0) is 7.56. The van der Waals surface area contributed by atoms with Gasteiger partial charge < -0.3 is 10.2 Å². The summed E-state index contributed by atoms with van der Waals surface area (Å²) in [5.41, 5.74) is 0.468. The number of aliphatic hydroxyl groups excluding tert-OH is 1. The first kappa shape index (κ1) is 6.61. The number of carboxylic acids is 1. The van der Waals surface area contributed by atoms with Crippen LogP contribution in [0.2, 0.25) is 0 Å². The Labute approximate surface area is 57.6 Å². The maximum Gasteiger partial charge on any atom is 0.336 e. The third kappa shape index (κ3) is 0.932. The third-order valence-electron chi connectivity index (χ3n) is 1.22. The van der Waals surface area contributed by atoms with Gasteiger partial charge in [0.1, 0.15) is 0 Å². The maximum atomic E-state index is 10.3. The average Bonchev–Trinajstić information content (AvgIpc) is 2.33. The SMILES string of the molecule is O=C(O)C1=CC=CC1=CO. The van der Waals surface area contributed by atoms with Crippen LogP contribution in [0.1, 0.15) is 0 Å². The first-order chi connectivity index (χ1) is 4.75. The van der Waals surface area contributed by atoms with Gasteiger partial charge in [-0.2, -0.15) is 0 Å². The molecular formula is C7H6O3. The highest BCUT2D eigenvalue weighted by molar-refractivity contribution is 5.94. The van der Waals surface area contributed by atoms with E-state index in [2.05, 4.69) is 0 Å². The lowest BCUT2D eigenvalue weighted by molar-refractivity contribution is -0.132. The molecule has 0 saturated carbocycles. The molecule has 0 radical (unpaired) electrons. The van der Waals surface area contributed by atoms with Crippen LogP contribution in [0.3, 0.4) is 0 Å². The van der Waals surface area contributed by atoms with E-state index in [0.29, 0.717) is 5.57 Å². The molecule has 0 spiro atoms. The van der Waals surface area contributed by atoms with E-state index in [4.69, 9.17) is 10.2 Å². The number of allylic oxidation sites excluding steroid dienone is 3. The standard InChI is InChI=1S/C7H6O3/c8-4-5-2-1-3-6(5)7(9)10/h1-4,8H,(H,9,10). The Morgan fingerprint density at radius 2 is 2.30 bits per heavy atom. The van der Waals surface area contributed by atoms with Crippen molar-refractivity contribution in [3.8, 4) is 0 Å². The van der Waals surface area contributed by atoms with Crippen molar-refractivity contribution in [3.05, 3.63) is 35.6 Å². The fourth-order valence-electron chi connectivity index (χ4n) is 0.741. The Bertz CT molecular complexity index is 246. The third-order valence-corrected chi connectivity index (χ3v) is 1.22. The molecule has 1 aliphatic carbocycles. The minimum absolute atomic E-state index is 0.127. The maximum absolute atomic E-state index is 10.3. The summed E-state index contributed by atoms with van der Waals surface area (Å²) >= 11 is 0. The lowest BCUT2D eigenvalue weighted by Crippen LogP contribution is -1.99. The van der Waals surface area contributed by atoms with Gasteiger partial charge in [0.05, 0.1) is 11.8 Å². The van der Waals surface area contributed by atoms with Gasteiger partial charge in [0.2, 0.25) is 0 Å². The van der Waals surface area contributed by atoms with Gasteiger partial charge >= 0.3 is 5.97 Å². The zero-order valence-corrected chi connectivity index (χ0v) is 5.11. The molecule has 1 rings (SSSR count). The van der Waals surface area contributed by atoms with Gasteiger partial charge in [-0.15, -0.1) is 0 Å². The van der Waals surface area contributed by atoms with E-state index in [1.165, 1.54) is 12.2 Å². The van der Waals surface area contributed by atoms with Crippen LogP contribution >= 0.6 is 0 Å². The minimum Gasteiger partial charge on any atom is -0.515 e. The summed E-state index contributed by atoms with van der Waals surface area (Å²) in [6.07, 6.45) is 5.32. The number of aliphatic hydroxyl groups is 1. The highest BCUT2D eigenvalue weighted by atomic mass is 16.4. The summed E-state index contributed by atoms with van der Waals surface area (Å²) in [5, 5.41) is 16.9. The van der Waals surface area contributed by atoms with Crippen LogP contribution in [-0.2, 0) is 4.79 Å². The molecule has 0 unspecified atom stereocenters. The summed E-state index contributed by atoms with van der Waals surface area (Å²) in [6, 6.07) is 0. The Balaban J connectivity index is 2.93. The fraction of sp³-hybridized carbons (Fsp3) is 0. The normalized spacial score (nSPS) is 19.6. The number of hydrogen-bond donors (Lipinski definition) is 2. The molecule has 0 aliphatic heterocycles. The Morgan fingerprint density at radius 1 is 1.60 bits per heavy atom. The molecule has 0 bridgehead atoms. The molecule has 3 nitrogen and oxygen atoms in total. The predicted octanol–water partition coefficient (Wildman–Crippen LogP) is 1.01. The van der Waals surface area contributed by atoms with Gasteiger partial charge in [0.15, 0.2) is 0 Å². The van der Waals surface area contributed by atoms with Crippen molar-refractivity contribution in [3.63, 3.8) is 0 Å². The Hall–Kier alpha value is -1.51. The second-order valence-corrected chi connectivity index (χ2v) is 1.83. The molecule has 0 heterocycles. The Kier molecular flexibility index (Phi) is 1.58. The summed E-state index contributed by atoms with van der Waals surface area (Å²) in [7, 11) is 0. The molecule has 3 heteroatoms. The minimum atomic E-state index is -1.02. The van der Waals surface area contributed by atoms with Crippen LogP contribution in [0.25, 0.3) is 0 Å². The van der Waals surface area contributed by atoms with Gasteiger partial charge in [-0.1, -0.05) is 12.2 Å². The van der Waals surface area contributed by atoms with Crippen molar-refractivity contribution in [1.82, 2.24) is 0 Å². The predicted molar refractivity (Wildman–Crippen MR) is 35.6 cm³/mol. The van der Waals surface area contributed by atoms with E-state index < -0.39 is 5.97 Å². The first-order valence-electron chi connectivity index (χ1n) is 2.72. The molecule has 1 aliphatic rings. The van der Waals surface area contributed by atoms with E-state index in [-0.39, 0.29) is 5.57 Å². The molecule has 0 aromatic rings. The van der Waals surface area contributed by atoms with Crippen LogP contribution in [-0.4, -0.2) is 16.2 Å². The second-order valence-electron chi connectivity index (χ2n) is 1.83. The molecule has 0 aromatic carbocycles. The topological polar surface area (TPSA) is 57.5 Å². The summed E-state index contributed by atoms with van der Waals surface area (Å²) in [4.78, 5) is 10.3. The lowest BCUT2D eigenvalue weighted by atomic mass is 10.1. The summed E-state index contributed by atoms with van der Waals surface area (Å²) in [6.45, 7) is 0. The van der Waals surface area contributed by atoms with Gasteiger partial charge in [-0.3, -0.25) is 0 Å². The number of hydrogen-bond acceptors (Lipinski definition) is 2. The van der Waals surface area contributed by atoms with Crippen LogP contribution in [0.4, 0.5) is 0 Å². The molecule has 0 saturated heterocycles. The average molecular weight is 138 g/mol. The number of rotatable bonds is 1. The van der Waals surface area contributed by atoms with Crippen molar-refractivity contribution < 1.29 is 15.0 Å². The summed E-state index contributed by atoms with van der Waals surface area (Å²) in [5.74, 6) is -1.02. The number of carboxylic acid groups (broad SMARTS) is 1. The molecule has 0 fully saturated rings. The smallest absolute Gasteiger partial charge is 0.336 e. The van der Waals surface area contributed by atoms with E-state index in [1.807, 2.05) is 0 Å². The van der Waals surface area contributed by atoms with Crippen LogP contribution in [0, 0.1) is 0 Å². The van der Waals surface area contributed by atoms with Gasteiger partial charge in [0, 0.05) is 5.57 Å². The second kappa shape index (κ2) is 2.39. The van der Waals surface area contributed by atoms with Crippen LogP contribution in [0.15, 0.2) is 35.6 Å². The number of carbonyl (C=O) groups is 1. The Morgan fingerprint density at radius 3 is 2.70 bits per heavy atom. The monoisotopic (exact) mass is 138 g/mol. The van der Waals surface area contributed by atoms with Gasteiger partial charge in [-0.05, 0) is 6.08 Å². The molecule has 0 aromatic heterocycles. The molecular weight excluding hydrogens is 132 g/mol. The van der Waals surface area contributed by atoms with Gasteiger partial charge in [0.25, 0.3) is 0 Å². The highest BCUT2D eigenvalue weighted by Crippen LogP contribution is 2.16. The van der Waals surface area contributed by atoms with Gasteiger partial charge in [-0.25, -0.2) is 4.79 Å². The van der Waals surface area contributed by atoms with E-state index in [9.17, 15) is 4.79 Å². The van der Waals surface area contributed by atoms with Crippen LogP contribution in [0.5, 0.6) is 0 Å². The van der Waals surface area contributed by atoms with E-state index >= 15 is 0 Å². The van der Waals surface area contributed by atoms with Crippen LogP contribution < -0.4 is 0 Å². The van der Waals surface area contributed by atoms with E-state index in [0.717, 1.165) is 6.26 Å². The van der Waals surface area contributed by atoms with E-state index in [1.54, 1.807) is 6.08 Å². The summed E-state index contributed by atoms with van der Waals surface area (Å²) < 4.78 is 0. The van der Waals surface area contributed by atoms with Crippen molar-refractivity contribution in [2.75, 3.05) is 0 Å². The zero-order valence-electron chi connectivity index (χ0n) is 5.11. The highest BCUT2D eigenvalue weighted by Gasteiger charge is 2.13. The quantitative estimate of drug-likeness (QED) is 0.531. The lowest BCUT2D eigenvalue weighted by Gasteiger charge is -1.93. The first-order valence-corrected chi connectivity index (χ1v) is 2.72. The molecule has 2 N–H and O–H groups in total. The largest absolute Gasteiger partial charge is 0.515 e. The van der Waals surface area contributed by atoms with Crippen molar-refractivity contribution in [2.45, 2.75) is 0 Å². The van der Waals surface area contributed by atoms with Crippen molar-refractivity contribution in [1.29, 1.82) is 0 Å². The molecule has 52 valence electrons. The molecule has 0 atom stereocenters. The molecule has 0 amide bonds. The van der Waals surface area contributed by atoms with Crippen molar-refractivity contribution in [2.24, 2.45) is 0 Å². The van der Waals surface area contributed by atoms with Crippen molar-refractivity contribution >= 4 is 5.97 Å².